The van der Waals surface area contributed by atoms with Crippen LogP contribution in [-0.2, 0) is 12.0 Å². The first kappa shape index (κ1) is 20.4. The van der Waals surface area contributed by atoms with E-state index in [9.17, 15) is 4.79 Å². The maximum absolute atomic E-state index is 13.0. The molecular formula is C22H25N3O4. The summed E-state index contributed by atoms with van der Waals surface area (Å²) >= 11 is 0. The van der Waals surface area contributed by atoms with E-state index in [0.29, 0.717) is 34.5 Å². The Balaban J connectivity index is 1.82. The lowest BCUT2D eigenvalue weighted by Crippen LogP contribution is -2.16. The van der Waals surface area contributed by atoms with Gasteiger partial charge in [0.05, 0.1) is 18.4 Å². The molecule has 1 aromatic heterocycles. The molecule has 1 amide bonds. The number of nitrogens with one attached hydrogen (secondary N) is 1. The molecule has 0 saturated carbocycles. The number of hydrogen-bond donors (Lipinski definition) is 1. The van der Waals surface area contributed by atoms with Crippen LogP contribution in [0, 0.1) is 6.92 Å². The minimum Gasteiger partial charge on any atom is -0.495 e. The topological polar surface area (TPSA) is 86.5 Å². The first-order valence-corrected chi connectivity index (χ1v) is 9.29. The van der Waals surface area contributed by atoms with Gasteiger partial charge in [0.2, 0.25) is 11.7 Å². The summed E-state index contributed by atoms with van der Waals surface area (Å²) < 4.78 is 16.1. The van der Waals surface area contributed by atoms with Gasteiger partial charge in [-0.3, -0.25) is 4.79 Å². The number of aryl methyl sites for hydroxylation is 1. The standard InChI is InChI=1S/C22H25N3O4/c1-14-23-20(25-29-14)13-28-18-9-7-6-8-16(18)21(26)24-17-12-15(22(2,3)4)10-11-19(17)27-5/h6-12H,13H2,1-5H3,(H,24,26). The number of methoxy groups -OCH3 is 1. The molecule has 0 bridgehead atoms. The van der Waals surface area contributed by atoms with E-state index in [2.05, 4.69) is 36.2 Å². The lowest BCUT2D eigenvalue weighted by Gasteiger charge is -2.21. The zero-order valence-corrected chi connectivity index (χ0v) is 17.3. The molecule has 3 rings (SSSR count). The monoisotopic (exact) mass is 395 g/mol. The Morgan fingerprint density at radius 3 is 2.55 bits per heavy atom. The molecule has 7 nitrogen and oxygen atoms in total. The summed E-state index contributed by atoms with van der Waals surface area (Å²) in [6, 6.07) is 12.8. The zero-order chi connectivity index (χ0) is 21.0. The van der Waals surface area contributed by atoms with Gasteiger partial charge < -0.3 is 19.3 Å². The summed E-state index contributed by atoms with van der Waals surface area (Å²) in [5, 5.41) is 6.74. The fourth-order valence-corrected chi connectivity index (χ4v) is 2.78. The van der Waals surface area contributed by atoms with Gasteiger partial charge in [-0.2, -0.15) is 4.98 Å². The van der Waals surface area contributed by atoms with E-state index in [-0.39, 0.29) is 17.9 Å². The second-order valence-electron chi connectivity index (χ2n) is 7.63. The van der Waals surface area contributed by atoms with Gasteiger partial charge in [-0.25, -0.2) is 0 Å². The van der Waals surface area contributed by atoms with Crippen LogP contribution in [0.2, 0.25) is 0 Å². The summed E-state index contributed by atoms with van der Waals surface area (Å²) in [6.07, 6.45) is 0. The van der Waals surface area contributed by atoms with Crippen molar-refractivity contribution in [1.82, 2.24) is 10.1 Å². The predicted molar refractivity (Wildman–Crippen MR) is 109 cm³/mol. The average Bonchev–Trinajstić information content (AvgIpc) is 3.11. The van der Waals surface area contributed by atoms with Crippen LogP contribution in [0.5, 0.6) is 11.5 Å². The van der Waals surface area contributed by atoms with Crippen molar-refractivity contribution in [2.45, 2.75) is 39.7 Å². The Bertz CT molecular complexity index is 1010. The maximum Gasteiger partial charge on any atom is 0.259 e. The molecule has 1 heterocycles. The molecule has 7 heteroatoms. The van der Waals surface area contributed by atoms with Crippen LogP contribution in [-0.4, -0.2) is 23.2 Å². The maximum atomic E-state index is 13.0. The van der Waals surface area contributed by atoms with Crippen molar-refractivity contribution >= 4 is 11.6 Å². The number of anilines is 1. The number of carbonyl (C=O) groups is 1. The third-order valence-corrected chi connectivity index (χ3v) is 4.37. The molecule has 0 aliphatic heterocycles. The van der Waals surface area contributed by atoms with Gasteiger partial charge in [-0.15, -0.1) is 0 Å². The summed E-state index contributed by atoms with van der Waals surface area (Å²) in [6.45, 7) is 8.15. The number of amides is 1. The number of para-hydroxylation sites is 1. The van der Waals surface area contributed by atoms with Crippen LogP contribution >= 0.6 is 0 Å². The highest BCUT2D eigenvalue weighted by Crippen LogP contribution is 2.32. The Kier molecular flexibility index (Phi) is 5.87. The lowest BCUT2D eigenvalue weighted by atomic mass is 9.87. The predicted octanol–water partition coefficient (Wildman–Crippen LogP) is 4.52. The van der Waals surface area contributed by atoms with Gasteiger partial charge in [0.15, 0.2) is 6.61 Å². The van der Waals surface area contributed by atoms with Crippen LogP contribution in [0.4, 0.5) is 5.69 Å². The average molecular weight is 395 g/mol. The summed E-state index contributed by atoms with van der Waals surface area (Å²) in [5.41, 5.74) is 2.03. The number of benzene rings is 2. The summed E-state index contributed by atoms with van der Waals surface area (Å²) in [4.78, 5) is 17.1. The van der Waals surface area contributed by atoms with E-state index < -0.39 is 0 Å². The third kappa shape index (κ3) is 4.93. The first-order valence-electron chi connectivity index (χ1n) is 9.29. The molecule has 0 unspecified atom stereocenters. The number of carbonyl (C=O) groups excluding carboxylic acids is 1. The number of aromatic nitrogens is 2. The quantitative estimate of drug-likeness (QED) is 0.661. The van der Waals surface area contributed by atoms with Crippen molar-refractivity contribution in [1.29, 1.82) is 0 Å². The van der Waals surface area contributed by atoms with Crippen molar-refractivity contribution in [3.05, 3.63) is 65.3 Å². The van der Waals surface area contributed by atoms with Crippen LogP contribution in [0.15, 0.2) is 47.0 Å². The molecule has 0 atom stereocenters. The molecule has 0 spiro atoms. The highest BCUT2D eigenvalue weighted by atomic mass is 16.5. The molecule has 0 saturated heterocycles. The smallest absolute Gasteiger partial charge is 0.259 e. The fourth-order valence-electron chi connectivity index (χ4n) is 2.78. The number of hydrogen-bond acceptors (Lipinski definition) is 6. The second kappa shape index (κ2) is 8.34. The molecule has 0 aliphatic rings. The van der Waals surface area contributed by atoms with Crippen LogP contribution < -0.4 is 14.8 Å². The van der Waals surface area contributed by atoms with Gasteiger partial charge in [0.25, 0.3) is 5.91 Å². The minimum absolute atomic E-state index is 0.0600. The van der Waals surface area contributed by atoms with E-state index in [4.69, 9.17) is 14.0 Å². The van der Waals surface area contributed by atoms with E-state index in [0.717, 1.165) is 5.56 Å². The van der Waals surface area contributed by atoms with E-state index in [1.165, 1.54) is 0 Å². The van der Waals surface area contributed by atoms with Gasteiger partial charge >= 0.3 is 0 Å². The van der Waals surface area contributed by atoms with E-state index in [1.54, 1.807) is 38.3 Å². The molecule has 0 fully saturated rings. The fraction of sp³-hybridized carbons (Fsp3) is 0.318. The molecule has 0 aliphatic carbocycles. The Morgan fingerprint density at radius 2 is 1.90 bits per heavy atom. The molecule has 3 aromatic rings. The molecular weight excluding hydrogens is 370 g/mol. The largest absolute Gasteiger partial charge is 0.495 e. The Labute approximate surface area is 170 Å². The van der Waals surface area contributed by atoms with Crippen molar-refractivity contribution in [2.75, 3.05) is 12.4 Å². The molecule has 1 N–H and O–H groups in total. The van der Waals surface area contributed by atoms with E-state index >= 15 is 0 Å². The van der Waals surface area contributed by atoms with Gasteiger partial charge in [-0.05, 0) is 35.2 Å². The normalized spacial score (nSPS) is 11.2. The SMILES string of the molecule is COc1ccc(C(C)(C)C)cc1NC(=O)c1ccccc1OCc1noc(C)n1. The highest BCUT2D eigenvalue weighted by molar-refractivity contribution is 6.06. The molecule has 0 radical (unpaired) electrons. The van der Waals surface area contributed by atoms with Crippen LogP contribution in [0.1, 0.15) is 48.4 Å². The van der Waals surface area contributed by atoms with Crippen molar-refractivity contribution < 1.29 is 18.8 Å². The lowest BCUT2D eigenvalue weighted by molar-refractivity contribution is 0.102. The van der Waals surface area contributed by atoms with Gasteiger partial charge in [0, 0.05) is 6.92 Å². The summed E-state index contributed by atoms with van der Waals surface area (Å²) in [7, 11) is 1.58. The van der Waals surface area contributed by atoms with Crippen LogP contribution in [0.25, 0.3) is 0 Å². The minimum atomic E-state index is -0.297. The molecule has 2 aromatic carbocycles. The zero-order valence-electron chi connectivity index (χ0n) is 17.3. The van der Waals surface area contributed by atoms with E-state index in [1.807, 2.05) is 18.2 Å². The highest BCUT2D eigenvalue weighted by Gasteiger charge is 2.19. The number of rotatable bonds is 6. The third-order valence-electron chi connectivity index (χ3n) is 4.37. The number of nitrogens with zero attached hydrogens (tertiary/aromatic N) is 2. The Morgan fingerprint density at radius 1 is 1.14 bits per heavy atom. The first-order chi connectivity index (χ1) is 13.8. The van der Waals surface area contributed by atoms with Crippen molar-refractivity contribution in [3.8, 4) is 11.5 Å². The van der Waals surface area contributed by atoms with Crippen LogP contribution in [0.3, 0.4) is 0 Å². The Hall–Kier alpha value is -3.35. The molecule has 29 heavy (non-hydrogen) atoms. The molecule has 152 valence electrons. The van der Waals surface area contributed by atoms with Gasteiger partial charge in [-0.1, -0.05) is 44.1 Å². The second-order valence-corrected chi connectivity index (χ2v) is 7.63. The van der Waals surface area contributed by atoms with Gasteiger partial charge in [0.1, 0.15) is 11.5 Å². The van der Waals surface area contributed by atoms with Crippen molar-refractivity contribution in [3.63, 3.8) is 0 Å². The van der Waals surface area contributed by atoms with Crippen molar-refractivity contribution in [2.24, 2.45) is 0 Å². The number of ether oxygens (including phenoxy) is 2. The summed E-state index contributed by atoms with van der Waals surface area (Å²) in [5.74, 6) is 1.59.